The first-order valence-corrected chi connectivity index (χ1v) is 17.0. The highest BCUT2D eigenvalue weighted by atomic mass is 16.5. The van der Waals surface area contributed by atoms with Crippen LogP contribution in [0.5, 0.6) is 0 Å². The number of hydrogen-bond donors (Lipinski definition) is 6. The highest BCUT2D eigenvalue weighted by Gasteiger charge is 2.16. The maximum absolute atomic E-state index is 12.1. The summed E-state index contributed by atoms with van der Waals surface area (Å²) < 4.78 is 21.3. The Morgan fingerprint density at radius 3 is 1.67 bits per heavy atom. The molecule has 0 saturated carbocycles. The molecule has 16 nitrogen and oxygen atoms in total. The lowest BCUT2D eigenvalue weighted by Gasteiger charge is -2.15. The molecule has 8 N–H and O–H groups in total. The quantitative estimate of drug-likeness (QED) is 0.0479. The Morgan fingerprint density at radius 1 is 0.604 bits per heavy atom. The van der Waals surface area contributed by atoms with Crippen molar-refractivity contribution in [2.24, 2.45) is 17.4 Å². The van der Waals surface area contributed by atoms with Gasteiger partial charge in [-0.2, -0.15) is 0 Å². The number of carbonyl (C=O) groups is 6. The van der Waals surface area contributed by atoms with Gasteiger partial charge in [0.2, 0.25) is 29.5 Å². The molecule has 16 heteroatoms. The van der Waals surface area contributed by atoms with E-state index in [-0.39, 0.29) is 107 Å². The highest BCUT2D eigenvalue weighted by Crippen LogP contribution is 2.11. The number of unbranched alkanes of at least 4 members (excludes halogenated alkanes) is 2. The van der Waals surface area contributed by atoms with Gasteiger partial charge in [0.25, 0.3) is 0 Å². The molecule has 0 unspecified atom stereocenters. The first-order chi connectivity index (χ1) is 23.1. The number of primary amides is 1. The maximum Gasteiger partial charge on any atom is 0.246 e. The van der Waals surface area contributed by atoms with E-state index < -0.39 is 6.04 Å². The number of Topliss-reactive ketones (excluding diaryl/α,β-unsaturated/α-hetero) is 1. The second-order valence-corrected chi connectivity index (χ2v) is 11.3. The zero-order chi connectivity index (χ0) is 35.8. The Morgan fingerprint density at radius 2 is 1.12 bits per heavy atom. The molecular formula is C32H60N6O10. The van der Waals surface area contributed by atoms with Crippen molar-refractivity contribution in [3.63, 3.8) is 0 Å². The number of nitrogens with two attached hydrogens (primary N) is 2. The zero-order valence-electron chi connectivity index (χ0n) is 28.9. The summed E-state index contributed by atoms with van der Waals surface area (Å²) in [5.74, 6) is -1.46. The maximum atomic E-state index is 12.1. The Bertz CT molecular complexity index is 924. The van der Waals surface area contributed by atoms with Gasteiger partial charge >= 0.3 is 0 Å². The summed E-state index contributed by atoms with van der Waals surface area (Å²) in [7, 11) is 0. The first-order valence-electron chi connectivity index (χ1n) is 17.0. The number of carbonyl (C=O) groups excluding carboxylic acids is 6. The highest BCUT2D eigenvalue weighted by molar-refractivity contribution is 5.87. The number of hydrogen-bond acceptors (Lipinski definition) is 11. The van der Waals surface area contributed by atoms with Crippen molar-refractivity contribution in [3.05, 3.63) is 0 Å². The van der Waals surface area contributed by atoms with Crippen molar-refractivity contribution in [2.45, 2.75) is 84.1 Å². The van der Waals surface area contributed by atoms with Crippen molar-refractivity contribution in [2.75, 3.05) is 79.0 Å². The van der Waals surface area contributed by atoms with Gasteiger partial charge in [0.1, 0.15) is 13.2 Å². The molecule has 0 fully saturated rings. The minimum absolute atomic E-state index is 0.0714. The Hall–Kier alpha value is -3.18. The average Bonchev–Trinajstić information content (AvgIpc) is 3.04. The van der Waals surface area contributed by atoms with Gasteiger partial charge in [0.15, 0.2) is 5.78 Å². The fourth-order valence-corrected chi connectivity index (χ4v) is 4.32. The van der Waals surface area contributed by atoms with E-state index in [0.29, 0.717) is 39.0 Å². The standard InChI is InChI=1S/C32H60N6O10/c1-3-26(32(34)44)9-5-7-14-35-30(42)23-47-21-20-46-18-16-37-31(43)24-48-22-19-45-17-15-36-28(40)11-8-12-29(41)38-27(25(2)39)10-4-6-13-33/h26-27H,3-24,33H2,1-2H3,(H2,34,44)(H,35,42)(H,36,40)(H,37,43)(H,38,41)/t26-,27-/m0/s1. The molecule has 278 valence electrons. The lowest BCUT2D eigenvalue weighted by molar-refractivity contribution is -0.127. The van der Waals surface area contributed by atoms with E-state index in [9.17, 15) is 28.8 Å². The lowest BCUT2D eigenvalue weighted by atomic mass is 9.99. The van der Waals surface area contributed by atoms with Crippen LogP contribution in [-0.2, 0) is 47.7 Å². The summed E-state index contributed by atoms with van der Waals surface area (Å²) in [6, 6.07) is -0.515. The molecule has 0 rings (SSSR count). The van der Waals surface area contributed by atoms with Crippen molar-refractivity contribution in [1.29, 1.82) is 0 Å². The Balaban J connectivity index is 3.57. The van der Waals surface area contributed by atoms with E-state index in [1.807, 2.05) is 6.92 Å². The molecule has 0 bridgehead atoms. The summed E-state index contributed by atoms with van der Waals surface area (Å²) in [5.41, 5.74) is 10.8. The van der Waals surface area contributed by atoms with Gasteiger partial charge in [-0.15, -0.1) is 0 Å². The summed E-state index contributed by atoms with van der Waals surface area (Å²) in [6.45, 7) is 6.36. The van der Waals surface area contributed by atoms with Crippen LogP contribution < -0.4 is 32.7 Å². The third-order valence-electron chi connectivity index (χ3n) is 7.12. The van der Waals surface area contributed by atoms with E-state index in [1.54, 1.807) is 0 Å². The van der Waals surface area contributed by atoms with Gasteiger partial charge in [0, 0.05) is 38.4 Å². The van der Waals surface area contributed by atoms with Crippen LogP contribution in [0.15, 0.2) is 0 Å². The molecule has 0 aliphatic heterocycles. The van der Waals surface area contributed by atoms with Crippen LogP contribution in [0.1, 0.15) is 78.1 Å². The number of amides is 5. The predicted molar refractivity (Wildman–Crippen MR) is 178 cm³/mol. The van der Waals surface area contributed by atoms with Crippen LogP contribution in [0, 0.1) is 5.92 Å². The smallest absolute Gasteiger partial charge is 0.246 e. The summed E-state index contributed by atoms with van der Waals surface area (Å²) in [5, 5.41) is 10.9. The van der Waals surface area contributed by atoms with Crippen LogP contribution in [0.3, 0.4) is 0 Å². The molecular weight excluding hydrogens is 628 g/mol. The van der Waals surface area contributed by atoms with E-state index in [1.165, 1.54) is 6.92 Å². The number of rotatable bonds is 33. The third kappa shape index (κ3) is 27.9. The van der Waals surface area contributed by atoms with Crippen LogP contribution in [0.4, 0.5) is 0 Å². The molecule has 5 amide bonds. The number of ketones is 1. The topological polar surface area (TPSA) is 240 Å². The predicted octanol–water partition coefficient (Wildman–Crippen LogP) is -0.544. The lowest BCUT2D eigenvalue weighted by Crippen LogP contribution is -2.39. The van der Waals surface area contributed by atoms with Gasteiger partial charge in [-0.3, -0.25) is 28.8 Å². The van der Waals surface area contributed by atoms with Crippen molar-refractivity contribution in [1.82, 2.24) is 21.3 Å². The fraction of sp³-hybridized carbons (Fsp3) is 0.812. The largest absolute Gasteiger partial charge is 0.377 e. The third-order valence-corrected chi connectivity index (χ3v) is 7.12. The summed E-state index contributed by atoms with van der Waals surface area (Å²) >= 11 is 0. The Labute approximate surface area is 284 Å². The van der Waals surface area contributed by atoms with E-state index in [0.717, 1.165) is 38.5 Å². The second-order valence-electron chi connectivity index (χ2n) is 11.3. The van der Waals surface area contributed by atoms with E-state index >= 15 is 0 Å². The molecule has 0 aromatic rings. The summed E-state index contributed by atoms with van der Waals surface area (Å²) in [6.07, 6.45) is 5.84. The van der Waals surface area contributed by atoms with Gasteiger partial charge in [-0.1, -0.05) is 13.3 Å². The molecule has 0 aromatic carbocycles. The van der Waals surface area contributed by atoms with Crippen LogP contribution in [0.2, 0.25) is 0 Å². The van der Waals surface area contributed by atoms with Crippen molar-refractivity contribution < 1.29 is 47.7 Å². The molecule has 0 aliphatic carbocycles. The second kappa shape index (κ2) is 31.1. The summed E-state index contributed by atoms with van der Waals surface area (Å²) in [4.78, 5) is 70.5. The van der Waals surface area contributed by atoms with Gasteiger partial charge in [0.05, 0.1) is 45.7 Å². The molecule has 0 aliphatic rings. The van der Waals surface area contributed by atoms with Gasteiger partial charge < -0.3 is 51.7 Å². The van der Waals surface area contributed by atoms with Crippen molar-refractivity contribution in [3.8, 4) is 0 Å². The van der Waals surface area contributed by atoms with E-state index in [4.69, 9.17) is 30.4 Å². The minimum atomic E-state index is -0.515. The molecule has 2 atom stereocenters. The monoisotopic (exact) mass is 688 g/mol. The SMILES string of the molecule is CC[C@@H](CCCCNC(=O)COCCOCCNC(=O)COCCOCCNC(=O)CCCC(=O)N[C@@H](CCCCN)C(C)=O)C(N)=O. The minimum Gasteiger partial charge on any atom is -0.377 e. The molecule has 48 heavy (non-hydrogen) atoms. The van der Waals surface area contributed by atoms with Crippen molar-refractivity contribution >= 4 is 35.3 Å². The normalized spacial score (nSPS) is 12.1. The molecule has 0 aromatic heterocycles. The Kier molecular flexibility index (Phi) is 29.0. The molecule has 0 spiro atoms. The van der Waals surface area contributed by atoms with Gasteiger partial charge in [-0.25, -0.2) is 0 Å². The number of nitrogens with one attached hydrogen (secondary N) is 4. The van der Waals surface area contributed by atoms with Crippen LogP contribution in [0.25, 0.3) is 0 Å². The van der Waals surface area contributed by atoms with Gasteiger partial charge in [-0.05, 0) is 58.4 Å². The van der Waals surface area contributed by atoms with Crippen LogP contribution >= 0.6 is 0 Å². The first kappa shape index (κ1) is 44.8. The molecule has 0 heterocycles. The average molecular weight is 689 g/mol. The molecule has 0 radical (unpaired) electrons. The number of ether oxygens (including phenoxy) is 4. The van der Waals surface area contributed by atoms with Crippen LogP contribution in [-0.4, -0.2) is 120 Å². The molecule has 0 saturated heterocycles. The fourth-order valence-electron chi connectivity index (χ4n) is 4.32. The van der Waals surface area contributed by atoms with E-state index in [2.05, 4.69) is 21.3 Å². The zero-order valence-corrected chi connectivity index (χ0v) is 28.9.